The lowest BCUT2D eigenvalue weighted by Gasteiger charge is -2.31. The van der Waals surface area contributed by atoms with Crippen LogP contribution in [0.2, 0.25) is 0 Å². The molecule has 0 unspecified atom stereocenters. The van der Waals surface area contributed by atoms with Gasteiger partial charge in [-0.2, -0.15) is 0 Å². The van der Waals surface area contributed by atoms with Gasteiger partial charge in [-0.3, -0.25) is 0 Å². The van der Waals surface area contributed by atoms with Gasteiger partial charge >= 0.3 is 0 Å². The van der Waals surface area contributed by atoms with E-state index < -0.39 is 10.0 Å². The third kappa shape index (κ3) is 5.25. The Kier molecular flexibility index (Phi) is 5.17. The van der Waals surface area contributed by atoms with Crippen LogP contribution in [-0.4, -0.2) is 44.6 Å². The summed E-state index contributed by atoms with van der Waals surface area (Å²) in [5.74, 6) is 0.288. The second-order valence-corrected chi connectivity index (χ2v) is 6.50. The summed E-state index contributed by atoms with van der Waals surface area (Å²) in [4.78, 5) is 0. The van der Waals surface area contributed by atoms with Crippen molar-refractivity contribution >= 4 is 10.0 Å². The highest BCUT2D eigenvalue weighted by Crippen LogP contribution is 2.26. The van der Waals surface area contributed by atoms with Crippen molar-refractivity contribution in [3.8, 4) is 0 Å². The summed E-state index contributed by atoms with van der Waals surface area (Å²) in [7, 11) is -3.22. The van der Waals surface area contributed by atoms with E-state index >= 15 is 0 Å². The van der Waals surface area contributed by atoms with Gasteiger partial charge in [-0.1, -0.05) is 0 Å². The second kappa shape index (κ2) is 5.95. The topological polar surface area (TPSA) is 75.6 Å². The number of rotatable bonds is 7. The van der Waals surface area contributed by atoms with E-state index in [0.29, 0.717) is 19.4 Å². The van der Waals surface area contributed by atoms with E-state index in [2.05, 4.69) is 4.72 Å². The van der Waals surface area contributed by atoms with Crippen molar-refractivity contribution in [2.24, 2.45) is 5.92 Å². The van der Waals surface area contributed by atoms with E-state index in [0.717, 1.165) is 0 Å². The maximum Gasteiger partial charge on any atom is 0.213 e. The molecule has 0 amide bonds. The van der Waals surface area contributed by atoms with Crippen molar-refractivity contribution in [3.05, 3.63) is 0 Å². The minimum absolute atomic E-state index is 0.000450. The molecular weight excluding hydrogens is 230 g/mol. The molecule has 0 heterocycles. The summed E-state index contributed by atoms with van der Waals surface area (Å²) in [5.41, 5.74) is 0. The Bertz CT molecular complexity index is 296. The quantitative estimate of drug-likeness (QED) is 0.673. The van der Waals surface area contributed by atoms with E-state index in [4.69, 9.17) is 9.84 Å². The molecule has 2 N–H and O–H groups in total. The molecule has 5 nitrogen and oxygen atoms in total. The van der Waals surface area contributed by atoms with Crippen LogP contribution >= 0.6 is 0 Å². The van der Waals surface area contributed by atoms with Crippen LogP contribution in [0.15, 0.2) is 0 Å². The predicted molar refractivity (Wildman–Crippen MR) is 61.6 cm³/mol. The van der Waals surface area contributed by atoms with Crippen molar-refractivity contribution < 1.29 is 18.3 Å². The van der Waals surface area contributed by atoms with Gasteiger partial charge in [0.05, 0.1) is 24.6 Å². The second-order valence-electron chi connectivity index (χ2n) is 4.58. The van der Waals surface area contributed by atoms with Gasteiger partial charge in [-0.15, -0.1) is 0 Å². The van der Waals surface area contributed by atoms with Crippen LogP contribution in [0.3, 0.4) is 0 Å². The molecule has 0 aromatic heterocycles. The Labute approximate surface area is 97.2 Å². The number of ether oxygens (including phenoxy) is 1. The molecule has 1 fully saturated rings. The number of sulfonamides is 1. The molecule has 1 aliphatic rings. The van der Waals surface area contributed by atoms with Gasteiger partial charge in [0.2, 0.25) is 10.0 Å². The highest BCUT2D eigenvalue weighted by Gasteiger charge is 2.27. The van der Waals surface area contributed by atoms with Gasteiger partial charge in [0.15, 0.2) is 0 Å². The first-order chi connectivity index (χ1) is 7.39. The van der Waals surface area contributed by atoms with E-state index in [1.807, 2.05) is 13.8 Å². The smallest absolute Gasteiger partial charge is 0.213 e. The molecule has 0 aromatic rings. The molecule has 0 atom stereocenters. The van der Waals surface area contributed by atoms with Crippen molar-refractivity contribution in [3.63, 3.8) is 0 Å². The lowest BCUT2D eigenvalue weighted by Crippen LogP contribution is -2.39. The Morgan fingerprint density at radius 2 is 2.06 bits per heavy atom. The van der Waals surface area contributed by atoms with Gasteiger partial charge in [0, 0.05) is 6.54 Å². The van der Waals surface area contributed by atoms with Crippen LogP contribution in [0.25, 0.3) is 0 Å². The van der Waals surface area contributed by atoms with Crippen molar-refractivity contribution in [2.75, 3.05) is 18.9 Å². The summed E-state index contributed by atoms with van der Waals surface area (Å²) >= 11 is 0. The average Bonchev–Trinajstić information content (AvgIpc) is 2.09. The fraction of sp³-hybridized carbons (Fsp3) is 1.00. The Balaban J connectivity index is 2.14. The van der Waals surface area contributed by atoms with Gasteiger partial charge in [-0.25, -0.2) is 13.1 Å². The van der Waals surface area contributed by atoms with Crippen LogP contribution in [0.5, 0.6) is 0 Å². The standard InChI is InChI=1S/C10H21NO4S/c1-8(2)15-3-4-16(13,14)11-7-9-5-10(12)6-9/h8-12H,3-7H2,1-2H3. The van der Waals surface area contributed by atoms with Crippen LogP contribution in [0, 0.1) is 5.92 Å². The first-order valence-corrected chi connectivity index (χ1v) is 7.31. The lowest BCUT2D eigenvalue weighted by atomic mass is 9.83. The molecule has 1 saturated carbocycles. The Morgan fingerprint density at radius 3 is 2.56 bits per heavy atom. The number of aliphatic hydroxyl groups excluding tert-OH is 1. The number of aliphatic hydroxyl groups is 1. The molecule has 96 valence electrons. The molecule has 0 aliphatic heterocycles. The fourth-order valence-electron chi connectivity index (χ4n) is 1.58. The molecule has 1 rings (SSSR count). The van der Waals surface area contributed by atoms with Crippen LogP contribution in [0.1, 0.15) is 26.7 Å². The van der Waals surface area contributed by atoms with E-state index in [1.165, 1.54) is 0 Å². The number of hydrogen-bond donors (Lipinski definition) is 2. The molecule has 0 aromatic carbocycles. The highest BCUT2D eigenvalue weighted by molar-refractivity contribution is 7.89. The predicted octanol–water partition coefficient (Wildman–Crippen LogP) is 0.102. The molecular formula is C10H21NO4S. The number of nitrogens with one attached hydrogen (secondary N) is 1. The Hall–Kier alpha value is -0.170. The maximum absolute atomic E-state index is 11.5. The van der Waals surface area contributed by atoms with E-state index in [1.54, 1.807) is 0 Å². The van der Waals surface area contributed by atoms with Crippen LogP contribution < -0.4 is 4.72 Å². The normalized spacial score (nSPS) is 25.8. The highest BCUT2D eigenvalue weighted by atomic mass is 32.2. The molecule has 6 heteroatoms. The minimum atomic E-state index is -3.22. The van der Waals surface area contributed by atoms with E-state index in [-0.39, 0.29) is 30.5 Å². The summed E-state index contributed by atoms with van der Waals surface area (Å²) in [6.45, 7) is 4.40. The summed E-state index contributed by atoms with van der Waals surface area (Å²) in [6, 6.07) is 0. The molecule has 0 spiro atoms. The summed E-state index contributed by atoms with van der Waals surface area (Å²) < 4.78 is 30.7. The zero-order chi connectivity index (χ0) is 12.2. The third-order valence-electron chi connectivity index (χ3n) is 2.61. The van der Waals surface area contributed by atoms with Gasteiger partial charge in [-0.05, 0) is 32.6 Å². The van der Waals surface area contributed by atoms with E-state index in [9.17, 15) is 8.42 Å². The average molecular weight is 251 g/mol. The third-order valence-corrected chi connectivity index (χ3v) is 3.92. The molecule has 1 aliphatic carbocycles. The monoisotopic (exact) mass is 251 g/mol. The summed E-state index contributed by atoms with van der Waals surface area (Å²) in [5, 5.41) is 9.05. The maximum atomic E-state index is 11.5. The molecule has 0 radical (unpaired) electrons. The lowest BCUT2D eigenvalue weighted by molar-refractivity contribution is 0.0452. The van der Waals surface area contributed by atoms with Crippen molar-refractivity contribution in [1.82, 2.24) is 4.72 Å². The van der Waals surface area contributed by atoms with Gasteiger partial charge in [0.25, 0.3) is 0 Å². The fourth-order valence-corrected chi connectivity index (χ4v) is 2.53. The molecule has 16 heavy (non-hydrogen) atoms. The SMILES string of the molecule is CC(C)OCCS(=O)(=O)NCC1CC(O)C1. The van der Waals surface area contributed by atoms with Crippen molar-refractivity contribution in [1.29, 1.82) is 0 Å². The Morgan fingerprint density at radius 1 is 1.44 bits per heavy atom. The largest absolute Gasteiger partial charge is 0.393 e. The van der Waals surface area contributed by atoms with Gasteiger partial charge in [0.1, 0.15) is 0 Å². The van der Waals surface area contributed by atoms with Gasteiger partial charge < -0.3 is 9.84 Å². The summed E-state index contributed by atoms with van der Waals surface area (Å²) in [6.07, 6.45) is 1.21. The molecule has 0 saturated heterocycles. The first kappa shape index (κ1) is 13.9. The zero-order valence-electron chi connectivity index (χ0n) is 9.85. The first-order valence-electron chi connectivity index (χ1n) is 5.66. The van der Waals surface area contributed by atoms with Crippen LogP contribution in [-0.2, 0) is 14.8 Å². The van der Waals surface area contributed by atoms with Crippen LogP contribution in [0.4, 0.5) is 0 Å². The zero-order valence-corrected chi connectivity index (χ0v) is 10.7. The molecule has 0 bridgehead atoms. The van der Waals surface area contributed by atoms with Crippen molar-refractivity contribution in [2.45, 2.75) is 38.9 Å². The minimum Gasteiger partial charge on any atom is -0.393 e. The number of hydrogen-bond acceptors (Lipinski definition) is 4.